The Hall–Kier alpha value is -2.36. The van der Waals surface area contributed by atoms with E-state index in [0.717, 1.165) is 10.8 Å². The van der Waals surface area contributed by atoms with E-state index in [0.29, 0.717) is 11.3 Å². The van der Waals surface area contributed by atoms with E-state index in [-0.39, 0.29) is 12.4 Å². The summed E-state index contributed by atoms with van der Waals surface area (Å²) < 4.78 is 5.41. The first-order valence-electron chi connectivity index (χ1n) is 5.53. The molecule has 0 radical (unpaired) electrons. The summed E-state index contributed by atoms with van der Waals surface area (Å²) >= 11 is 0. The van der Waals surface area contributed by atoms with Crippen molar-refractivity contribution in [3.63, 3.8) is 0 Å². The Morgan fingerprint density at radius 2 is 1.78 bits per heavy atom. The number of benzene rings is 2. The van der Waals surface area contributed by atoms with Gasteiger partial charge in [0.15, 0.2) is 5.78 Å². The van der Waals surface area contributed by atoms with Crippen LogP contribution in [0.15, 0.2) is 36.4 Å². The van der Waals surface area contributed by atoms with Gasteiger partial charge in [-0.15, -0.1) is 0 Å². The first-order chi connectivity index (χ1) is 8.59. The van der Waals surface area contributed by atoms with E-state index in [9.17, 15) is 9.59 Å². The Kier molecular flexibility index (Phi) is 3.28. The molecule has 4 nitrogen and oxygen atoms in total. The van der Waals surface area contributed by atoms with E-state index in [4.69, 9.17) is 10.5 Å². The van der Waals surface area contributed by atoms with Gasteiger partial charge in [-0.1, -0.05) is 24.3 Å². The lowest BCUT2D eigenvalue weighted by Crippen LogP contribution is -2.12. The molecule has 1 amide bonds. The number of hydrogen-bond donors (Lipinski definition) is 1. The van der Waals surface area contributed by atoms with E-state index in [2.05, 4.69) is 0 Å². The molecule has 2 aromatic rings. The molecule has 0 saturated heterocycles. The Labute approximate surface area is 104 Å². The molecule has 0 aliphatic heterocycles. The van der Waals surface area contributed by atoms with Crippen LogP contribution in [0.1, 0.15) is 17.3 Å². The van der Waals surface area contributed by atoms with Crippen molar-refractivity contribution in [1.82, 2.24) is 0 Å². The molecule has 0 aliphatic rings. The summed E-state index contributed by atoms with van der Waals surface area (Å²) in [6.07, 6.45) is 0. The lowest BCUT2D eigenvalue weighted by atomic mass is 10.0. The third-order valence-corrected chi connectivity index (χ3v) is 2.58. The summed E-state index contributed by atoms with van der Waals surface area (Å²) in [7, 11) is 0. The van der Waals surface area contributed by atoms with E-state index in [1.165, 1.54) is 6.92 Å². The molecule has 0 aromatic heterocycles. The molecule has 0 bridgehead atoms. The number of ketones is 1. The highest BCUT2D eigenvalue weighted by atomic mass is 16.5. The van der Waals surface area contributed by atoms with E-state index in [1.807, 2.05) is 18.2 Å². The van der Waals surface area contributed by atoms with Gasteiger partial charge in [-0.3, -0.25) is 9.59 Å². The van der Waals surface area contributed by atoms with Gasteiger partial charge in [0.05, 0.1) is 0 Å². The van der Waals surface area contributed by atoms with Gasteiger partial charge < -0.3 is 10.5 Å². The summed E-state index contributed by atoms with van der Waals surface area (Å²) in [6, 6.07) is 10.6. The van der Waals surface area contributed by atoms with Crippen LogP contribution in [0.4, 0.5) is 0 Å². The predicted molar refractivity (Wildman–Crippen MR) is 68.6 cm³/mol. The first kappa shape index (κ1) is 12.1. The average molecular weight is 243 g/mol. The fourth-order valence-electron chi connectivity index (χ4n) is 1.79. The van der Waals surface area contributed by atoms with Gasteiger partial charge in [0.25, 0.3) is 0 Å². The molecule has 0 atom stereocenters. The minimum Gasteiger partial charge on any atom is -0.485 e. The fourth-order valence-corrected chi connectivity index (χ4v) is 1.79. The van der Waals surface area contributed by atoms with Crippen molar-refractivity contribution in [2.45, 2.75) is 6.92 Å². The van der Waals surface area contributed by atoms with Crippen molar-refractivity contribution in [3.8, 4) is 5.75 Å². The molecule has 0 unspecified atom stereocenters. The van der Waals surface area contributed by atoms with Crippen molar-refractivity contribution in [1.29, 1.82) is 0 Å². The average Bonchev–Trinajstić information content (AvgIpc) is 2.35. The Balaban J connectivity index is 2.53. The number of nitrogens with two attached hydrogens (primary N) is 1. The predicted octanol–water partition coefficient (Wildman–Crippen LogP) is 1.91. The van der Waals surface area contributed by atoms with Gasteiger partial charge in [0.1, 0.15) is 12.4 Å². The van der Waals surface area contributed by atoms with Gasteiger partial charge in [-0.2, -0.15) is 0 Å². The Morgan fingerprint density at radius 3 is 2.39 bits per heavy atom. The molecule has 92 valence electrons. The van der Waals surface area contributed by atoms with E-state index >= 15 is 0 Å². The van der Waals surface area contributed by atoms with Crippen LogP contribution in [0, 0.1) is 0 Å². The molecular formula is C14H13NO3. The maximum Gasteiger partial charge on any atom is 0.249 e. The third kappa shape index (κ3) is 2.32. The minimum atomic E-state index is -0.482. The van der Waals surface area contributed by atoms with Crippen LogP contribution >= 0.6 is 0 Å². The number of carbonyl (C=O) groups excluding carboxylic acids is 2. The largest absolute Gasteiger partial charge is 0.485 e. The van der Waals surface area contributed by atoms with Crippen LogP contribution in [0.25, 0.3) is 10.8 Å². The Bertz CT molecular complexity index is 619. The second kappa shape index (κ2) is 4.87. The molecule has 18 heavy (non-hydrogen) atoms. The third-order valence-electron chi connectivity index (χ3n) is 2.58. The maximum atomic E-state index is 11.3. The second-order valence-electron chi connectivity index (χ2n) is 4.01. The van der Waals surface area contributed by atoms with Gasteiger partial charge in [-0.05, 0) is 24.4 Å². The molecule has 4 heteroatoms. The van der Waals surface area contributed by atoms with Crippen molar-refractivity contribution in [2.75, 3.05) is 6.61 Å². The number of primary amides is 1. The standard InChI is InChI=1S/C14H13NO3/c1-9(16)8-18-13-7-6-12(14(15)17)10-4-2-3-5-11(10)13/h2-7H,8H2,1H3,(H2,15,17). The zero-order valence-corrected chi connectivity index (χ0v) is 9.97. The van der Waals surface area contributed by atoms with Crippen LogP contribution in [0.2, 0.25) is 0 Å². The Morgan fingerprint density at radius 1 is 1.11 bits per heavy atom. The summed E-state index contributed by atoms with van der Waals surface area (Å²) in [5, 5.41) is 1.50. The number of amides is 1. The molecular weight excluding hydrogens is 230 g/mol. The van der Waals surface area contributed by atoms with E-state index in [1.54, 1.807) is 18.2 Å². The number of ether oxygens (including phenoxy) is 1. The zero-order valence-electron chi connectivity index (χ0n) is 9.97. The molecule has 0 heterocycles. The number of hydrogen-bond acceptors (Lipinski definition) is 3. The normalized spacial score (nSPS) is 10.3. The van der Waals surface area contributed by atoms with E-state index < -0.39 is 5.91 Å². The van der Waals surface area contributed by atoms with Gasteiger partial charge >= 0.3 is 0 Å². The van der Waals surface area contributed by atoms with Crippen molar-refractivity contribution in [2.24, 2.45) is 5.73 Å². The smallest absolute Gasteiger partial charge is 0.249 e. The summed E-state index contributed by atoms with van der Waals surface area (Å²) in [6.45, 7) is 1.47. The quantitative estimate of drug-likeness (QED) is 0.891. The minimum absolute atomic E-state index is 0.0138. The number of Topliss-reactive ketones (excluding diaryl/α,β-unsaturated/α-hetero) is 1. The lowest BCUT2D eigenvalue weighted by molar-refractivity contribution is -0.118. The topological polar surface area (TPSA) is 69.4 Å². The van der Waals surface area contributed by atoms with Crippen LogP contribution in [0.5, 0.6) is 5.75 Å². The number of carbonyl (C=O) groups is 2. The maximum absolute atomic E-state index is 11.3. The number of fused-ring (bicyclic) bond motifs is 1. The SMILES string of the molecule is CC(=O)COc1ccc(C(N)=O)c2ccccc12. The highest BCUT2D eigenvalue weighted by Crippen LogP contribution is 2.28. The first-order valence-corrected chi connectivity index (χ1v) is 5.53. The second-order valence-corrected chi connectivity index (χ2v) is 4.01. The zero-order chi connectivity index (χ0) is 13.1. The van der Waals surface area contributed by atoms with Crippen LogP contribution in [0.3, 0.4) is 0 Å². The molecule has 0 saturated carbocycles. The molecule has 2 aromatic carbocycles. The van der Waals surface area contributed by atoms with Crippen LogP contribution in [-0.2, 0) is 4.79 Å². The van der Waals surface area contributed by atoms with Gasteiger partial charge in [-0.25, -0.2) is 0 Å². The monoisotopic (exact) mass is 243 g/mol. The molecule has 0 fully saturated rings. The lowest BCUT2D eigenvalue weighted by Gasteiger charge is -2.10. The van der Waals surface area contributed by atoms with Gasteiger partial charge in [0, 0.05) is 10.9 Å². The summed E-state index contributed by atoms with van der Waals surface area (Å²) in [5.41, 5.74) is 5.76. The highest BCUT2D eigenvalue weighted by Gasteiger charge is 2.10. The van der Waals surface area contributed by atoms with Crippen molar-refractivity contribution in [3.05, 3.63) is 42.0 Å². The highest BCUT2D eigenvalue weighted by molar-refractivity contribution is 6.08. The molecule has 2 rings (SSSR count). The molecule has 0 spiro atoms. The van der Waals surface area contributed by atoms with Crippen molar-refractivity contribution < 1.29 is 14.3 Å². The molecule has 2 N–H and O–H groups in total. The fraction of sp³-hybridized carbons (Fsp3) is 0.143. The van der Waals surface area contributed by atoms with Crippen molar-refractivity contribution >= 4 is 22.5 Å². The van der Waals surface area contributed by atoms with Crippen LogP contribution in [-0.4, -0.2) is 18.3 Å². The summed E-state index contributed by atoms with van der Waals surface area (Å²) in [4.78, 5) is 22.2. The number of rotatable bonds is 4. The van der Waals surface area contributed by atoms with Gasteiger partial charge in [0.2, 0.25) is 5.91 Å². The summed E-state index contributed by atoms with van der Waals surface area (Å²) in [5.74, 6) is 0.0353. The molecule has 0 aliphatic carbocycles. The van der Waals surface area contributed by atoms with Crippen LogP contribution < -0.4 is 10.5 Å².